The molecule has 0 aromatic heterocycles. The van der Waals surface area contributed by atoms with Gasteiger partial charge in [0.15, 0.2) is 0 Å². The fourth-order valence-electron chi connectivity index (χ4n) is 2.35. The van der Waals surface area contributed by atoms with E-state index in [1.54, 1.807) is 6.07 Å². The summed E-state index contributed by atoms with van der Waals surface area (Å²) >= 11 is 0. The third-order valence-corrected chi connectivity index (χ3v) is 3.39. The van der Waals surface area contributed by atoms with E-state index in [2.05, 4.69) is 5.32 Å². The molecule has 0 aliphatic carbocycles. The number of ether oxygens (including phenoxy) is 1. The molecule has 102 valence electrons. The van der Waals surface area contributed by atoms with Crippen LogP contribution in [0.15, 0.2) is 48.5 Å². The van der Waals surface area contributed by atoms with E-state index >= 15 is 0 Å². The molecule has 1 N–H and O–H groups in total. The monoisotopic (exact) mass is 271 g/mol. The Bertz CT molecular complexity index is 642. The molecule has 3 rings (SSSR count). The number of hydrogen-bond acceptors (Lipinski definition) is 2. The molecule has 0 bridgehead atoms. The van der Waals surface area contributed by atoms with Gasteiger partial charge in [-0.05, 0) is 24.3 Å². The van der Waals surface area contributed by atoms with Gasteiger partial charge in [-0.2, -0.15) is 0 Å². The van der Waals surface area contributed by atoms with Crippen LogP contribution < -0.4 is 10.1 Å². The topological polar surface area (TPSA) is 38.3 Å². The summed E-state index contributed by atoms with van der Waals surface area (Å²) in [6, 6.07) is 13.5. The number of fused-ring (bicyclic) bond motifs is 1. The van der Waals surface area contributed by atoms with Crippen molar-refractivity contribution in [2.75, 3.05) is 13.2 Å². The summed E-state index contributed by atoms with van der Waals surface area (Å²) in [5.41, 5.74) is 1.43. The fourth-order valence-corrected chi connectivity index (χ4v) is 2.35. The van der Waals surface area contributed by atoms with Crippen molar-refractivity contribution in [3.8, 4) is 5.75 Å². The number of nitrogens with one attached hydrogen (secondary N) is 1. The first kappa shape index (κ1) is 12.7. The smallest absolute Gasteiger partial charge is 0.251 e. The van der Waals surface area contributed by atoms with Crippen molar-refractivity contribution in [1.29, 1.82) is 0 Å². The highest BCUT2D eigenvalue weighted by Crippen LogP contribution is 2.32. The standard InChI is InChI=1S/C16H14FNO2/c17-13-5-3-4-11(8-13)16(19)18-9-12-10-20-15-7-2-1-6-14(12)15/h1-8,12H,9-10H2,(H,18,19). The van der Waals surface area contributed by atoms with Crippen molar-refractivity contribution in [1.82, 2.24) is 5.32 Å². The molecular weight excluding hydrogens is 257 g/mol. The minimum atomic E-state index is -0.410. The van der Waals surface area contributed by atoms with Gasteiger partial charge in [-0.25, -0.2) is 4.39 Å². The lowest BCUT2D eigenvalue weighted by molar-refractivity contribution is 0.0949. The van der Waals surface area contributed by atoms with Crippen molar-refractivity contribution in [2.24, 2.45) is 0 Å². The molecule has 2 aromatic carbocycles. The zero-order chi connectivity index (χ0) is 13.9. The predicted molar refractivity (Wildman–Crippen MR) is 73.4 cm³/mol. The van der Waals surface area contributed by atoms with Crippen LogP contribution in [-0.2, 0) is 0 Å². The van der Waals surface area contributed by atoms with Crippen LogP contribution in [0.1, 0.15) is 21.8 Å². The highest BCUT2D eigenvalue weighted by Gasteiger charge is 2.23. The second kappa shape index (κ2) is 5.33. The molecule has 1 heterocycles. The van der Waals surface area contributed by atoms with Crippen LogP contribution in [0.4, 0.5) is 4.39 Å². The summed E-state index contributed by atoms with van der Waals surface area (Å²) in [6.45, 7) is 1.04. The Labute approximate surface area is 116 Å². The van der Waals surface area contributed by atoms with Crippen LogP contribution in [0.25, 0.3) is 0 Å². The molecule has 1 aliphatic rings. The minimum Gasteiger partial charge on any atom is -0.493 e. The first-order valence-corrected chi connectivity index (χ1v) is 6.49. The number of benzene rings is 2. The van der Waals surface area contributed by atoms with Crippen LogP contribution in [0.3, 0.4) is 0 Å². The van der Waals surface area contributed by atoms with E-state index in [0.717, 1.165) is 11.3 Å². The Balaban J connectivity index is 1.65. The van der Waals surface area contributed by atoms with Crippen molar-refractivity contribution < 1.29 is 13.9 Å². The maximum Gasteiger partial charge on any atom is 0.251 e. The van der Waals surface area contributed by atoms with Crippen LogP contribution >= 0.6 is 0 Å². The van der Waals surface area contributed by atoms with Crippen LogP contribution in [0.5, 0.6) is 5.75 Å². The average Bonchev–Trinajstić information content (AvgIpc) is 2.88. The maximum absolute atomic E-state index is 13.1. The van der Waals surface area contributed by atoms with Crippen molar-refractivity contribution in [3.63, 3.8) is 0 Å². The Morgan fingerprint density at radius 2 is 2.10 bits per heavy atom. The molecule has 4 heteroatoms. The Kier molecular flexibility index (Phi) is 3.37. The molecule has 0 saturated carbocycles. The number of rotatable bonds is 3. The maximum atomic E-state index is 13.1. The predicted octanol–water partition coefficient (Wildman–Crippen LogP) is 2.73. The Morgan fingerprint density at radius 1 is 1.25 bits per heavy atom. The Morgan fingerprint density at radius 3 is 2.95 bits per heavy atom. The molecule has 0 saturated heterocycles. The summed E-state index contributed by atoms with van der Waals surface area (Å²) in [7, 11) is 0. The summed E-state index contributed by atoms with van der Waals surface area (Å²) in [5.74, 6) is 0.335. The lowest BCUT2D eigenvalue weighted by Crippen LogP contribution is -2.29. The first-order chi connectivity index (χ1) is 9.74. The molecule has 1 amide bonds. The summed E-state index contributed by atoms with van der Waals surface area (Å²) in [6.07, 6.45) is 0. The van der Waals surface area contributed by atoms with Crippen molar-refractivity contribution in [2.45, 2.75) is 5.92 Å². The van der Waals surface area contributed by atoms with E-state index in [1.165, 1.54) is 18.2 Å². The number of para-hydroxylation sites is 1. The van der Waals surface area contributed by atoms with Gasteiger partial charge in [0, 0.05) is 23.6 Å². The molecule has 0 fully saturated rings. The highest BCUT2D eigenvalue weighted by molar-refractivity contribution is 5.94. The molecule has 0 radical (unpaired) electrons. The summed E-state index contributed by atoms with van der Waals surface area (Å²) < 4.78 is 18.6. The van der Waals surface area contributed by atoms with E-state index in [4.69, 9.17) is 4.74 Å². The zero-order valence-corrected chi connectivity index (χ0v) is 10.8. The molecule has 1 atom stereocenters. The largest absolute Gasteiger partial charge is 0.493 e. The molecule has 1 unspecified atom stereocenters. The third-order valence-electron chi connectivity index (χ3n) is 3.39. The summed E-state index contributed by atoms with van der Waals surface area (Å²) in [5, 5.41) is 2.82. The van der Waals surface area contributed by atoms with Gasteiger partial charge < -0.3 is 10.1 Å². The number of carbonyl (C=O) groups excluding carboxylic acids is 1. The van der Waals surface area contributed by atoms with Gasteiger partial charge in [0.25, 0.3) is 5.91 Å². The van der Waals surface area contributed by atoms with Gasteiger partial charge in [-0.1, -0.05) is 24.3 Å². The molecular formula is C16H14FNO2. The van der Waals surface area contributed by atoms with Crippen LogP contribution in [-0.4, -0.2) is 19.1 Å². The van der Waals surface area contributed by atoms with Gasteiger partial charge in [0.2, 0.25) is 0 Å². The first-order valence-electron chi connectivity index (χ1n) is 6.49. The second-order valence-electron chi connectivity index (χ2n) is 4.77. The van der Waals surface area contributed by atoms with Crippen LogP contribution in [0, 0.1) is 5.82 Å². The lowest BCUT2D eigenvalue weighted by Gasteiger charge is -2.10. The SMILES string of the molecule is O=C(NCC1COc2ccccc21)c1cccc(F)c1. The molecule has 20 heavy (non-hydrogen) atoms. The van der Waals surface area contributed by atoms with E-state index in [-0.39, 0.29) is 11.8 Å². The highest BCUT2D eigenvalue weighted by atomic mass is 19.1. The molecule has 3 nitrogen and oxygen atoms in total. The third kappa shape index (κ3) is 2.50. The van der Waals surface area contributed by atoms with Crippen molar-refractivity contribution >= 4 is 5.91 Å². The Hall–Kier alpha value is -2.36. The zero-order valence-electron chi connectivity index (χ0n) is 10.8. The second-order valence-corrected chi connectivity index (χ2v) is 4.77. The van der Waals surface area contributed by atoms with Gasteiger partial charge in [0.05, 0.1) is 6.61 Å². The summed E-state index contributed by atoms with van der Waals surface area (Å²) in [4.78, 5) is 11.9. The molecule has 0 spiro atoms. The quantitative estimate of drug-likeness (QED) is 0.932. The van der Waals surface area contributed by atoms with Gasteiger partial charge in [-0.3, -0.25) is 4.79 Å². The normalized spacial score (nSPS) is 16.4. The van der Waals surface area contributed by atoms with Gasteiger partial charge in [0.1, 0.15) is 11.6 Å². The van der Waals surface area contributed by atoms with E-state index in [0.29, 0.717) is 18.7 Å². The minimum absolute atomic E-state index is 0.142. The van der Waals surface area contributed by atoms with Crippen LogP contribution in [0.2, 0.25) is 0 Å². The van der Waals surface area contributed by atoms with E-state index < -0.39 is 5.82 Å². The number of carbonyl (C=O) groups is 1. The van der Waals surface area contributed by atoms with Crippen molar-refractivity contribution in [3.05, 3.63) is 65.5 Å². The van der Waals surface area contributed by atoms with Gasteiger partial charge in [-0.15, -0.1) is 0 Å². The molecule has 2 aromatic rings. The van der Waals surface area contributed by atoms with E-state index in [1.807, 2.05) is 24.3 Å². The lowest BCUT2D eigenvalue weighted by atomic mass is 10.0. The van der Waals surface area contributed by atoms with Gasteiger partial charge >= 0.3 is 0 Å². The number of halogens is 1. The number of amides is 1. The van der Waals surface area contributed by atoms with E-state index in [9.17, 15) is 9.18 Å². The molecule has 1 aliphatic heterocycles. The fraction of sp³-hybridized carbons (Fsp3) is 0.188. The average molecular weight is 271 g/mol. The number of hydrogen-bond donors (Lipinski definition) is 1.